The lowest BCUT2D eigenvalue weighted by atomic mass is 9.83. The Bertz CT molecular complexity index is 2380. The fourth-order valence-corrected chi connectivity index (χ4v) is 7.81. The van der Waals surface area contributed by atoms with E-state index in [0.717, 1.165) is 51.7 Å². The van der Waals surface area contributed by atoms with Crippen LogP contribution in [0.2, 0.25) is 0 Å². The summed E-state index contributed by atoms with van der Waals surface area (Å²) >= 11 is 1.40. The number of allylic oxidation sites excluding steroid dienone is 1. The average Bonchev–Trinajstić information content (AvgIpc) is 3.60. The number of benzene rings is 4. The fourth-order valence-electron chi connectivity index (χ4n) is 6.82. The number of halogens is 1. The summed E-state index contributed by atoms with van der Waals surface area (Å²) in [7, 11) is 3.24. The van der Waals surface area contributed by atoms with Crippen LogP contribution >= 0.6 is 11.3 Å². The lowest BCUT2D eigenvalue weighted by molar-refractivity contribution is 0.354. The molecule has 2 aliphatic rings. The molecule has 228 valence electrons. The van der Waals surface area contributed by atoms with Gasteiger partial charge in [0.25, 0.3) is 5.56 Å². The molecule has 0 saturated carbocycles. The lowest BCUT2D eigenvalue weighted by Crippen LogP contribution is -2.38. The van der Waals surface area contributed by atoms with E-state index >= 15 is 0 Å². The zero-order valence-corrected chi connectivity index (χ0v) is 26.2. The highest BCUT2D eigenvalue weighted by molar-refractivity contribution is 7.07. The molecule has 0 radical (unpaired) electrons. The summed E-state index contributed by atoms with van der Waals surface area (Å²) < 4.78 is 30.3. The maximum Gasteiger partial charge on any atom is 0.271 e. The van der Waals surface area contributed by atoms with Gasteiger partial charge in [0.1, 0.15) is 5.82 Å². The van der Waals surface area contributed by atoms with Crippen molar-refractivity contribution in [1.29, 1.82) is 0 Å². The Morgan fingerprint density at radius 3 is 2.57 bits per heavy atom. The number of hydrogen-bond acceptors (Lipinski definition) is 5. The van der Waals surface area contributed by atoms with E-state index in [1.165, 1.54) is 23.0 Å². The van der Waals surface area contributed by atoms with Crippen LogP contribution < -0.4 is 24.4 Å². The number of hydrogen-bond donors (Lipinski definition) is 0. The van der Waals surface area contributed by atoms with Crippen molar-refractivity contribution in [3.8, 4) is 11.5 Å². The van der Waals surface area contributed by atoms with Crippen LogP contribution in [0, 0.1) is 5.82 Å². The monoisotopic (exact) mass is 627 g/mol. The SMILES string of the molecule is COc1ccc([C@H]2C3=C(N=c4s/c(=C/c5cn(Cc6ccccc6F)c6ccccc56)c(=O)n42)c2ccccc2CC3)cc1OC. The first kappa shape index (κ1) is 28.3. The molecule has 6 nitrogen and oxygen atoms in total. The molecule has 1 atom stereocenters. The normalized spacial score (nSPS) is 15.7. The van der Waals surface area contributed by atoms with Gasteiger partial charge in [-0.25, -0.2) is 9.38 Å². The van der Waals surface area contributed by atoms with Crippen molar-refractivity contribution >= 4 is 34.0 Å². The van der Waals surface area contributed by atoms with Crippen molar-refractivity contribution < 1.29 is 13.9 Å². The standard InChI is InChI=1S/C38H30FN3O3S/c1-44-32-18-16-24(19-33(32)45-2)36-29-17-15-23-9-3-5-12-28(23)35(29)40-38-42(36)37(43)34(46-38)20-26-22-41(31-14-8-6-11-27(26)31)21-25-10-4-7-13-30(25)39/h3-14,16,18-20,22,36H,15,17,21H2,1-2H3/b34-20+/t36-/m0/s1. The van der Waals surface area contributed by atoms with Crippen molar-refractivity contribution in [1.82, 2.24) is 9.13 Å². The van der Waals surface area contributed by atoms with Crippen molar-refractivity contribution in [3.63, 3.8) is 0 Å². The highest BCUT2D eigenvalue weighted by Gasteiger charge is 2.33. The summed E-state index contributed by atoms with van der Waals surface area (Å²) in [6, 6.07) is 28.8. The molecule has 0 saturated heterocycles. The fraction of sp³-hybridized carbons (Fsp3) is 0.158. The molecule has 6 aromatic rings. The first-order chi connectivity index (χ1) is 22.5. The smallest absolute Gasteiger partial charge is 0.271 e. The van der Waals surface area contributed by atoms with E-state index in [2.05, 4.69) is 18.2 Å². The number of nitrogens with zero attached hydrogens (tertiary/aromatic N) is 3. The minimum absolute atomic E-state index is 0.0973. The first-order valence-corrected chi connectivity index (χ1v) is 16.0. The number of para-hydroxylation sites is 1. The molecule has 3 heterocycles. The summed E-state index contributed by atoms with van der Waals surface area (Å²) in [5.41, 5.74) is 7.75. The van der Waals surface area contributed by atoms with E-state index in [1.54, 1.807) is 26.4 Å². The maximum atomic E-state index is 14.6. The zero-order valence-electron chi connectivity index (χ0n) is 25.4. The molecule has 2 aromatic heterocycles. The number of aromatic nitrogens is 2. The number of methoxy groups -OCH3 is 2. The van der Waals surface area contributed by atoms with E-state index in [1.807, 2.05) is 76.0 Å². The minimum atomic E-state index is -0.344. The molecule has 1 aliphatic carbocycles. The molecule has 0 spiro atoms. The third-order valence-corrected chi connectivity index (χ3v) is 9.98. The second kappa shape index (κ2) is 11.3. The molecule has 46 heavy (non-hydrogen) atoms. The molecule has 8 rings (SSSR count). The predicted molar refractivity (Wildman–Crippen MR) is 180 cm³/mol. The van der Waals surface area contributed by atoms with Crippen LogP contribution in [0.25, 0.3) is 22.7 Å². The second-order valence-electron chi connectivity index (χ2n) is 11.5. The van der Waals surface area contributed by atoms with Gasteiger partial charge in [-0.3, -0.25) is 9.36 Å². The van der Waals surface area contributed by atoms with Gasteiger partial charge >= 0.3 is 0 Å². The Morgan fingerprint density at radius 2 is 1.72 bits per heavy atom. The van der Waals surface area contributed by atoms with E-state index < -0.39 is 0 Å². The molecule has 0 unspecified atom stereocenters. The zero-order chi connectivity index (χ0) is 31.4. The Kier molecular flexibility index (Phi) is 6.95. The van der Waals surface area contributed by atoms with Crippen LogP contribution in [-0.2, 0) is 13.0 Å². The van der Waals surface area contributed by atoms with Gasteiger partial charge in [0.15, 0.2) is 16.3 Å². The van der Waals surface area contributed by atoms with Crippen LogP contribution in [0.5, 0.6) is 11.5 Å². The molecule has 4 aromatic carbocycles. The summed E-state index contributed by atoms with van der Waals surface area (Å²) in [5.74, 6) is 1.00. The molecule has 1 aliphatic heterocycles. The van der Waals surface area contributed by atoms with Crippen molar-refractivity contribution in [2.24, 2.45) is 4.99 Å². The molecule has 0 bridgehead atoms. The Balaban J connectivity index is 1.33. The molecule has 8 heteroatoms. The van der Waals surface area contributed by atoms with Crippen LogP contribution in [0.4, 0.5) is 4.39 Å². The van der Waals surface area contributed by atoms with Crippen molar-refractivity contribution in [3.05, 3.63) is 156 Å². The molecular weight excluding hydrogens is 598 g/mol. The lowest BCUT2D eigenvalue weighted by Gasteiger charge is -2.31. The van der Waals surface area contributed by atoms with Crippen LogP contribution in [0.1, 0.15) is 40.3 Å². The van der Waals surface area contributed by atoms with Gasteiger partial charge in [-0.2, -0.15) is 0 Å². The van der Waals surface area contributed by atoms with Gasteiger partial charge in [0.05, 0.1) is 37.0 Å². The largest absolute Gasteiger partial charge is 0.493 e. The predicted octanol–water partition coefficient (Wildman–Crippen LogP) is 6.48. The maximum absolute atomic E-state index is 14.6. The van der Waals surface area contributed by atoms with Gasteiger partial charge in [-0.05, 0) is 59.9 Å². The molecule has 0 amide bonds. The molecular formula is C38H30FN3O3S. The molecule has 0 fully saturated rings. The third kappa shape index (κ3) is 4.60. The summed E-state index contributed by atoms with van der Waals surface area (Å²) in [6.45, 7) is 0.383. The van der Waals surface area contributed by atoms with E-state index in [0.29, 0.717) is 32.9 Å². The minimum Gasteiger partial charge on any atom is -0.493 e. The van der Waals surface area contributed by atoms with E-state index in [9.17, 15) is 9.18 Å². The van der Waals surface area contributed by atoms with Crippen molar-refractivity contribution in [2.75, 3.05) is 14.2 Å². The third-order valence-electron chi connectivity index (χ3n) is 9.00. The van der Waals surface area contributed by atoms with E-state index in [4.69, 9.17) is 14.5 Å². The highest BCUT2D eigenvalue weighted by atomic mass is 32.1. The molecule has 0 N–H and O–H groups in total. The van der Waals surface area contributed by atoms with E-state index in [-0.39, 0.29) is 17.4 Å². The number of ether oxygens (including phenoxy) is 2. The highest BCUT2D eigenvalue weighted by Crippen LogP contribution is 2.42. The van der Waals surface area contributed by atoms with Gasteiger partial charge < -0.3 is 14.0 Å². The second-order valence-corrected chi connectivity index (χ2v) is 12.6. The summed E-state index contributed by atoms with van der Waals surface area (Å²) in [6.07, 6.45) is 5.62. The first-order valence-electron chi connectivity index (χ1n) is 15.2. The van der Waals surface area contributed by atoms with Crippen LogP contribution in [-0.4, -0.2) is 23.4 Å². The van der Waals surface area contributed by atoms with Gasteiger partial charge in [-0.15, -0.1) is 0 Å². The van der Waals surface area contributed by atoms with Gasteiger partial charge in [0, 0.05) is 33.8 Å². The average molecular weight is 628 g/mol. The summed E-state index contributed by atoms with van der Waals surface area (Å²) in [4.78, 5) is 20.2. The summed E-state index contributed by atoms with van der Waals surface area (Å²) in [5, 5.41) is 0.995. The van der Waals surface area contributed by atoms with Crippen LogP contribution in [0.3, 0.4) is 0 Å². The topological polar surface area (TPSA) is 57.8 Å². The van der Waals surface area contributed by atoms with Crippen molar-refractivity contribution in [2.45, 2.75) is 25.4 Å². The van der Waals surface area contributed by atoms with Crippen LogP contribution in [0.15, 0.2) is 113 Å². The van der Waals surface area contributed by atoms with Gasteiger partial charge in [-0.1, -0.05) is 78.1 Å². The number of thiazole rings is 1. The van der Waals surface area contributed by atoms with Gasteiger partial charge in [0.2, 0.25) is 0 Å². The number of fused-ring (bicyclic) bond motifs is 4. The number of rotatable bonds is 6. The Morgan fingerprint density at radius 1 is 0.935 bits per heavy atom. The number of aryl methyl sites for hydroxylation is 1. The quantitative estimate of drug-likeness (QED) is 0.213. The Hall–Kier alpha value is -5.21. The Labute approximate surface area is 268 Å².